The second-order valence-electron chi connectivity index (χ2n) is 4.83. The predicted octanol–water partition coefficient (Wildman–Crippen LogP) is 2.17. The van der Waals surface area contributed by atoms with Gasteiger partial charge in [0.05, 0.1) is 5.69 Å². The molecule has 1 aromatic carbocycles. The summed E-state index contributed by atoms with van der Waals surface area (Å²) in [6.07, 6.45) is 0.297. The zero-order chi connectivity index (χ0) is 15.4. The van der Waals surface area contributed by atoms with Gasteiger partial charge in [0.15, 0.2) is 0 Å². The van der Waals surface area contributed by atoms with Crippen molar-refractivity contribution in [1.29, 1.82) is 0 Å². The van der Waals surface area contributed by atoms with E-state index < -0.39 is 0 Å². The molecule has 6 heteroatoms. The van der Waals surface area contributed by atoms with Gasteiger partial charge in [-0.2, -0.15) is 0 Å². The first-order chi connectivity index (χ1) is 9.94. The summed E-state index contributed by atoms with van der Waals surface area (Å²) >= 11 is 0. The largest absolute Gasteiger partial charge is 0.461 e. The Morgan fingerprint density at radius 2 is 2.05 bits per heavy atom. The van der Waals surface area contributed by atoms with Gasteiger partial charge in [-0.1, -0.05) is 0 Å². The van der Waals surface area contributed by atoms with Gasteiger partial charge < -0.3 is 14.9 Å². The molecule has 0 unspecified atom stereocenters. The fourth-order valence-corrected chi connectivity index (χ4v) is 1.89. The van der Waals surface area contributed by atoms with Crippen molar-refractivity contribution in [3.63, 3.8) is 0 Å². The van der Waals surface area contributed by atoms with Crippen LogP contribution in [0.5, 0.6) is 0 Å². The van der Waals surface area contributed by atoms with Crippen LogP contribution in [0.4, 0.5) is 5.69 Å². The minimum Gasteiger partial charge on any atom is -0.461 e. The van der Waals surface area contributed by atoms with E-state index >= 15 is 0 Å². The predicted molar refractivity (Wildman–Crippen MR) is 80.3 cm³/mol. The highest BCUT2D eigenvalue weighted by Gasteiger charge is 2.06. The maximum atomic E-state index is 11.5. The van der Waals surface area contributed by atoms with Crippen LogP contribution in [0, 0.1) is 6.92 Å². The highest BCUT2D eigenvalue weighted by molar-refractivity contribution is 5.98. The molecule has 3 N–H and O–H groups in total. The van der Waals surface area contributed by atoms with Crippen molar-refractivity contribution >= 4 is 34.3 Å². The van der Waals surface area contributed by atoms with E-state index in [4.69, 9.17) is 10.2 Å². The number of Topliss-reactive ketones (excluding diaryl/α,β-unsaturated/α-hetero) is 1. The van der Waals surface area contributed by atoms with E-state index in [0.717, 1.165) is 16.7 Å². The number of benzene rings is 1. The number of ketones is 1. The molecule has 0 spiro atoms. The summed E-state index contributed by atoms with van der Waals surface area (Å²) in [5.41, 5.74) is 7.06. The van der Waals surface area contributed by atoms with Crippen LogP contribution < -0.4 is 11.1 Å². The van der Waals surface area contributed by atoms with Crippen LogP contribution in [0.3, 0.4) is 0 Å². The number of hydrogen-bond acceptors (Lipinski definition) is 4. The number of hydrogen-bond donors (Lipinski definition) is 2. The molecule has 2 rings (SSSR count). The number of guanidine groups is 1. The second-order valence-corrected chi connectivity index (χ2v) is 4.83. The van der Waals surface area contributed by atoms with Crippen LogP contribution in [0.2, 0.25) is 0 Å². The van der Waals surface area contributed by atoms with Gasteiger partial charge in [-0.25, -0.2) is 4.99 Å². The number of carbonyl (C=O) groups excluding carboxylic acids is 2. The number of nitrogens with two attached hydrogens (primary N) is 1. The summed E-state index contributed by atoms with van der Waals surface area (Å²) < 4.78 is 5.47. The number of nitrogens with one attached hydrogen (secondary N) is 1. The molecule has 1 amide bonds. The minimum atomic E-state index is -0.327. The third-order valence-corrected chi connectivity index (χ3v) is 2.84. The van der Waals surface area contributed by atoms with Crippen LogP contribution in [-0.4, -0.2) is 17.6 Å². The Morgan fingerprint density at radius 3 is 2.76 bits per heavy atom. The number of fused-ring (bicyclic) bond motifs is 1. The molecule has 1 aromatic heterocycles. The average molecular weight is 287 g/mol. The third kappa shape index (κ3) is 4.17. The number of carbonyl (C=O) groups is 2. The fraction of sp³-hybridized carbons (Fsp3) is 0.267. The molecule has 110 valence electrons. The SMILES string of the molecule is CC(=O)CCC(=O)NC(N)=Nc1ccc2oc(C)cc2c1. The average Bonchev–Trinajstić information content (AvgIpc) is 2.75. The molecule has 0 atom stereocenters. The Morgan fingerprint density at radius 1 is 1.29 bits per heavy atom. The molecule has 0 fully saturated rings. The Balaban J connectivity index is 2.05. The first kappa shape index (κ1) is 14.8. The number of furan rings is 1. The van der Waals surface area contributed by atoms with E-state index in [0.29, 0.717) is 5.69 Å². The maximum Gasteiger partial charge on any atom is 0.227 e. The maximum absolute atomic E-state index is 11.5. The number of nitrogens with zero attached hydrogens (tertiary/aromatic N) is 1. The van der Waals surface area contributed by atoms with Gasteiger partial charge >= 0.3 is 0 Å². The smallest absolute Gasteiger partial charge is 0.227 e. The van der Waals surface area contributed by atoms with Gasteiger partial charge in [0, 0.05) is 18.2 Å². The Kier molecular flexibility index (Phi) is 4.37. The lowest BCUT2D eigenvalue weighted by atomic mass is 10.2. The van der Waals surface area contributed by atoms with Crippen molar-refractivity contribution in [2.45, 2.75) is 26.7 Å². The normalized spacial score (nSPS) is 11.6. The van der Waals surface area contributed by atoms with E-state index in [-0.39, 0.29) is 30.5 Å². The Bertz CT molecular complexity index is 716. The fourth-order valence-electron chi connectivity index (χ4n) is 1.89. The molecule has 2 aromatic rings. The topological polar surface area (TPSA) is 97.7 Å². The zero-order valence-corrected chi connectivity index (χ0v) is 12.0. The van der Waals surface area contributed by atoms with Gasteiger partial charge in [0.25, 0.3) is 0 Å². The Hall–Kier alpha value is -2.63. The summed E-state index contributed by atoms with van der Waals surface area (Å²) in [5, 5.41) is 3.37. The number of aliphatic imine (C=N–C) groups is 1. The molecule has 0 aliphatic rings. The quantitative estimate of drug-likeness (QED) is 0.665. The van der Waals surface area contributed by atoms with Crippen LogP contribution in [-0.2, 0) is 9.59 Å². The molecule has 1 heterocycles. The van der Waals surface area contributed by atoms with E-state index in [1.807, 2.05) is 19.1 Å². The highest BCUT2D eigenvalue weighted by atomic mass is 16.3. The lowest BCUT2D eigenvalue weighted by Gasteiger charge is -2.03. The molecule has 0 saturated heterocycles. The van der Waals surface area contributed by atoms with E-state index in [1.54, 1.807) is 12.1 Å². The van der Waals surface area contributed by atoms with E-state index in [9.17, 15) is 9.59 Å². The second kappa shape index (κ2) is 6.21. The molecule has 0 aliphatic heterocycles. The van der Waals surface area contributed by atoms with Crippen LogP contribution in [0.1, 0.15) is 25.5 Å². The zero-order valence-electron chi connectivity index (χ0n) is 12.0. The molecule has 0 aliphatic carbocycles. The number of rotatable bonds is 4. The van der Waals surface area contributed by atoms with Crippen molar-refractivity contribution in [3.8, 4) is 0 Å². The molecule has 6 nitrogen and oxygen atoms in total. The molecule has 0 bridgehead atoms. The van der Waals surface area contributed by atoms with Crippen molar-refractivity contribution < 1.29 is 14.0 Å². The van der Waals surface area contributed by atoms with Crippen molar-refractivity contribution in [3.05, 3.63) is 30.0 Å². The molecular weight excluding hydrogens is 270 g/mol. The molecule has 21 heavy (non-hydrogen) atoms. The van der Waals surface area contributed by atoms with Gasteiger partial charge in [-0.15, -0.1) is 0 Å². The summed E-state index contributed by atoms with van der Waals surface area (Å²) in [7, 11) is 0. The monoisotopic (exact) mass is 287 g/mol. The lowest BCUT2D eigenvalue weighted by Crippen LogP contribution is -2.36. The van der Waals surface area contributed by atoms with Crippen molar-refractivity contribution in [1.82, 2.24) is 5.32 Å². The summed E-state index contributed by atoms with van der Waals surface area (Å²) in [4.78, 5) is 26.4. The summed E-state index contributed by atoms with van der Waals surface area (Å²) in [6, 6.07) is 7.27. The van der Waals surface area contributed by atoms with Crippen LogP contribution >= 0.6 is 0 Å². The summed E-state index contributed by atoms with van der Waals surface area (Å²) in [6.45, 7) is 3.30. The molecule has 0 saturated carbocycles. The number of amides is 1. The van der Waals surface area contributed by atoms with Gasteiger partial charge in [0.1, 0.15) is 17.1 Å². The first-order valence-corrected chi connectivity index (χ1v) is 6.57. The van der Waals surface area contributed by atoms with Crippen molar-refractivity contribution in [2.75, 3.05) is 0 Å². The molecular formula is C15H17N3O3. The van der Waals surface area contributed by atoms with Gasteiger partial charge in [-0.3, -0.25) is 10.1 Å². The number of aryl methyl sites for hydroxylation is 1. The van der Waals surface area contributed by atoms with Crippen LogP contribution in [0.15, 0.2) is 33.7 Å². The van der Waals surface area contributed by atoms with Gasteiger partial charge in [0.2, 0.25) is 11.9 Å². The molecule has 0 radical (unpaired) electrons. The minimum absolute atomic E-state index is 0.00289. The lowest BCUT2D eigenvalue weighted by molar-refractivity contribution is -0.123. The standard InChI is InChI=1S/C15H17N3O3/c1-9(19)3-6-14(20)18-15(16)17-12-4-5-13-11(8-12)7-10(2)21-13/h4-5,7-8H,3,6H2,1-2H3,(H3,16,17,18,20). The third-order valence-electron chi connectivity index (χ3n) is 2.84. The summed E-state index contributed by atoms with van der Waals surface area (Å²) in [5.74, 6) is 0.452. The van der Waals surface area contributed by atoms with E-state index in [2.05, 4.69) is 10.3 Å². The van der Waals surface area contributed by atoms with E-state index in [1.165, 1.54) is 6.92 Å². The first-order valence-electron chi connectivity index (χ1n) is 6.57. The Labute approximate surface area is 122 Å². The van der Waals surface area contributed by atoms with Crippen LogP contribution in [0.25, 0.3) is 11.0 Å². The highest BCUT2D eigenvalue weighted by Crippen LogP contribution is 2.23. The van der Waals surface area contributed by atoms with Crippen molar-refractivity contribution in [2.24, 2.45) is 10.7 Å². The van der Waals surface area contributed by atoms with Gasteiger partial charge in [-0.05, 0) is 38.1 Å².